The first kappa shape index (κ1) is 27.1. The summed E-state index contributed by atoms with van der Waals surface area (Å²) in [6.45, 7) is 11.7. The van der Waals surface area contributed by atoms with Crippen LogP contribution in [0.15, 0.2) is 29.4 Å². The van der Waals surface area contributed by atoms with Crippen molar-refractivity contribution in [2.24, 2.45) is 0 Å². The van der Waals surface area contributed by atoms with Crippen molar-refractivity contribution in [3.8, 4) is 11.5 Å². The van der Waals surface area contributed by atoms with Gasteiger partial charge in [-0.2, -0.15) is 0 Å². The van der Waals surface area contributed by atoms with Gasteiger partial charge in [-0.1, -0.05) is 52.8 Å². The Hall–Kier alpha value is -1.54. The predicted octanol–water partition coefficient (Wildman–Crippen LogP) is 6.48. The first-order chi connectivity index (χ1) is 16.0. The Balaban J connectivity index is 1.74. The lowest BCUT2D eigenvalue weighted by molar-refractivity contribution is -0.0599. The zero-order valence-electron chi connectivity index (χ0n) is 21.3. The van der Waals surface area contributed by atoms with Gasteiger partial charge in [-0.25, -0.2) is 0 Å². The number of allylic oxidation sites excluding steroid dienone is 4. The lowest BCUT2D eigenvalue weighted by Gasteiger charge is -2.40. The molecule has 34 heavy (non-hydrogen) atoms. The lowest BCUT2D eigenvalue weighted by Crippen LogP contribution is -2.49. The summed E-state index contributed by atoms with van der Waals surface area (Å²) >= 11 is 2.41. The number of aromatic hydroxyl groups is 1. The fourth-order valence-corrected chi connectivity index (χ4v) is 5.24. The average molecular weight is 582 g/mol. The van der Waals surface area contributed by atoms with E-state index in [1.807, 2.05) is 11.8 Å². The molecule has 5 nitrogen and oxygen atoms in total. The predicted molar refractivity (Wildman–Crippen MR) is 146 cm³/mol. The van der Waals surface area contributed by atoms with Crippen LogP contribution in [-0.4, -0.2) is 43.2 Å². The Morgan fingerprint density at radius 2 is 2.03 bits per heavy atom. The van der Waals surface area contributed by atoms with Crippen molar-refractivity contribution < 1.29 is 19.7 Å². The number of rotatable bonds is 10. The highest BCUT2D eigenvalue weighted by atomic mass is 127. The molecule has 2 aliphatic heterocycles. The number of carbonyl (C=O) groups is 1. The van der Waals surface area contributed by atoms with Crippen LogP contribution in [0.1, 0.15) is 94.6 Å². The second-order valence-corrected chi connectivity index (χ2v) is 12.5. The minimum Gasteiger partial charge on any atom is -0.508 e. The molecule has 0 unspecified atom stereocenters. The first-order valence-electron chi connectivity index (χ1n) is 12.5. The van der Waals surface area contributed by atoms with Crippen molar-refractivity contribution in [3.05, 3.63) is 46.1 Å². The van der Waals surface area contributed by atoms with E-state index < -0.39 is 11.7 Å². The van der Waals surface area contributed by atoms with Gasteiger partial charge in [0.15, 0.2) is 0 Å². The van der Waals surface area contributed by atoms with Gasteiger partial charge in [0.25, 0.3) is 5.91 Å². The van der Waals surface area contributed by atoms with E-state index >= 15 is 0 Å². The van der Waals surface area contributed by atoms with Gasteiger partial charge < -0.3 is 19.8 Å². The number of ether oxygens (including phenoxy) is 1. The third-order valence-corrected chi connectivity index (χ3v) is 7.65. The maximum atomic E-state index is 13.0. The SMILES string of the molecule is CC(C)=CCC/C(C)=C/CC[C@]1(C)Oc2c(c(O)cc3c2CN(CCC[C@@H](C)I)C3=O)C[C@@H]1O. The van der Waals surface area contributed by atoms with Gasteiger partial charge in [-0.3, -0.25) is 4.79 Å². The average Bonchev–Trinajstić information content (AvgIpc) is 3.05. The molecule has 2 heterocycles. The third-order valence-electron chi connectivity index (χ3n) is 7.02. The number of halogens is 1. The molecule has 1 amide bonds. The molecule has 0 aliphatic carbocycles. The van der Waals surface area contributed by atoms with Gasteiger partial charge in [-0.05, 0) is 72.3 Å². The maximum Gasteiger partial charge on any atom is 0.254 e. The number of aliphatic hydroxyl groups excluding tert-OH is 1. The number of amides is 1. The number of hydrogen-bond acceptors (Lipinski definition) is 4. The van der Waals surface area contributed by atoms with Gasteiger partial charge >= 0.3 is 0 Å². The van der Waals surface area contributed by atoms with E-state index in [2.05, 4.69) is 62.4 Å². The van der Waals surface area contributed by atoms with Crippen LogP contribution in [0.25, 0.3) is 0 Å². The van der Waals surface area contributed by atoms with Crippen molar-refractivity contribution in [2.45, 2.75) is 102 Å². The Bertz CT molecular complexity index is 964. The van der Waals surface area contributed by atoms with Gasteiger partial charge in [-0.15, -0.1) is 0 Å². The summed E-state index contributed by atoms with van der Waals surface area (Å²) in [5, 5.41) is 21.6. The second kappa shape index (κ2) is 11.5. The third kappa shape index (κ3) is 6.36. The molecule has 2 aliphatic rings. The fraction of sp³-hybridized carbons (Fsp3) is 0.607. The smallest absolute Gasteiger partial charge is 0.254 e. The molecule has 3 atom stereocenters. The van der Waals surface area contributed by atoms with E-state index in [1.165, 1.54) is 11.1 Å². The van der Waals surface area contributed by atoms with Crippen LogP contribution in [0.5, 0.6) is 11.5 Å². The van der Waals surface area contributed by atoms with Crippen LogP contribution in [0.2, 0.25) is 0 Å². The normalized spacial score (nSPS) is 22.8. The summed E-state index contributed by atoms with van der Waals surface area (Å²) in [6, 6.07) is 1.56. The van der Waals surface area contributed by atoms with Crippen molar-refractivity contribution >= 4 is 28.5 Å². The number of aliphatic hydroxyl groups is 1. The summed E-state index contributed by atoms with van der Waals surface area (Å²) in [4.78, 5) is 14.9. The highest BCUT2D eigenvalue weighted by Crippen LogP contribution is 2.46. The number of benzene rings is 1. The zero-order chi connectivity index (χ0) is 25.0. The number of phenolic OH excluding ortho intramolecular Hbond substituents is 1. The standard InChI is InChI=1S/C28H40INO4/c1-18(2)9-6-10-19(3)11-7-13-28(5)25(32)16-22-24(31)15-21-23(26(22)34-28)17-30(27(21)33)14-8-12-20(4)29/h9,11,15,20,25,31-32H,6-8,10,12-14,16-17H2,1-5H3/b19-11+/t20-,25+,28+/m1/s1. The summed E-state index contributed by atoms with van der Waals surface area (Å²) in [5.74, 6) is 0.603. The molecule has 0 saturated carbocycles. The number of hydrogen-bond donors (Lipinski definition) is 2. The Morgan fingerprint density at radius 1 is 1.29 bits per heavy atom. The Labute approximate surface area is 218 Å². The molecule has 3 rings (SSSR count). The molecule has 1 aromatic carbocycles. The monoisotopic (exact) mass is 581 g/mol. The molecule has 0 spiro atoms. The number of fused-ring (bicyclic) bond motifs is 3. The molecule has 2 N–H and O–H groups in total. The molecule has 0 fully saturated rings. The molecule has 0 aromatic heterocycles. The van der Waals surface area contributed by atoms with Crippen LogP contribution in [0.4, 0.5) is 0 Å². The quantitative estimate of drug-likeness (QED) is 0.189. The first-order valence-corrected chi connectivity index (χ1v) is 13.7. The fourth-order valence-electron chi connectivity index (χ4n) is 4.80. The molecule has 1 aromatic rings. The largest absolute Gasteiger partial charge is 0.508 e. The Morgan fingerprint density at radius 3 is 2.71 bits per heavy atom. The van der Waals surface area contributed by atoms with Gasteiger partial charge in [0.1, 0.15) is 17.1 Å². The molecule has 0 radical (unpaired) electrons. The summed E-state index contributed by atoms with van der Waals surface area (Å²) in [5.41, 5.74) is 3.92. The van der Waals surface area contributed by atoms with Crippen LogP contribution in [-0.2, 0) is 13.0 Å². The molecule has 188 valence electrons. The van der Waals surface area contributed by atoms with E-state index in [0.717, 1.165) is 37.7 Å². The lowest BCUT2D eigenvalue weighted by atomic mass is 9.84. The minimum absolute atomic E-state index is 0.0411. The summed E-state index contributed by atoms with van der Waals surface area (Å²) in [6.07, 6.45) is 9.67. The summed E-state index contributed by atoms with van der Waals surface area (Å²) in [7, 11) is 0. The van der Waals surface area contributed by atoms with Crippen LogP contribution >= 0.6 is 22.6 Å². The van der Waals surface area contributed by atoms with Gasteiger partial charge in [0.05, 0.1) is 18.2 Å². The molecular weight excluding hydrogens is 541 g/mol. The number of phenols is 1. The zero-order valence-corrected chi connectivity index (χ0v) is 23.4. The molecular formula is C28H40INO4. The molecule has 6 heteroatoms. The minimum atomic E-state index is -0.766. The highest BCUT2D eigenvalue weighted by Gasteiger charge is 2.44. The van der Waals surface area contributed by atoms with Crippen LogP contribution in [0.3, 0.4) is 0 Å². The summed E-state index contributed by atoms with van der Waals surface area (Å²) < 4.78 is 7.03. The second-order valence-electron chi connectivity index (χ2n) is 10.4. The molecule has 0 bridgehead atoms. The van der Waals surface area contributed by atoms with Crippen molar-refractivity contribution in [1.82, 2.24) is 4.90 Å². The van der Waals surface area contributed by atoms with E-state index in [4.69, 9.17) is 4.74 Å². The number of carbonyl (C=O) groups excluding carboxylic acids is 1. The number of nitrogens with zero attached hydrogens (tertiary/aromatic N) is 1. The molecule has 0 saturated heterocycles. The maximum absolute atomic E-state index is 13.0. The van der Waals surface area contributed by atoms with Crippen molar-refractivity contribution in [3.63, 3.8) is 0 Å². The van der Waals surface area contributed by atoms with Crippen LogP contribution in [0, 0.1) is 0 Å². The van der Waals surface area contributed by atoms with Gasteiger partial charge in [0.2, 0.25) is 0 Å². The van der Waals surface area contributed by atoms with Gasteiger partial charge in [0, 0.05) is 28.0 Å². The Kier molecular flexibility index (Phi) is 9.12. The van der Waals surface area contributed by atoms with Crippen molar-refractivity contribution in [1.29, 1.82) is 0 Å². The highest BCUT2D eigenvalue weighted by molar-refractivity contribution is 14.1. The topological polar surface area (TPSA) is 70.0 Å². The van der Waals surface area contributed by atoms with Crippen molar-refractivity contribution in [2.75, 3.05) is 6.54 Å². The van der Waals surface area contributed by atoms with Crippen LogP contribution < -0.4 is 4.74 Å². The number of alkyl halides is 1. The van der Waals surface area contributed by atoms with E-state index in [1.54, 1.807) is 6.07 Å². The van der Waals surface area contributed by atoms with E-state index in [-0.39, 0.29) is 11.7 Å². The van der Waals surface area contributed by atoms with E-state index in [9.17, 15) is 15.0 Å². The van der Waals surface area contributed by atoms with E-state index in [0.29, 0.717) is 46.7 Å².